The summed E-state index contributed by atoms with van der Waals surface area (Å²) in [7, 11) is 0. The molecule has 3 nitrogen and oxygen atoms in total. The Bertz CT molecular complexity index is 158. The van der Waals surface area contributed by atoms with Crippen molar-refractivity contribution in [2.24, 2.45) is 0 Å². The molecule has 0 bridgehead atoms. The number of nitrogens with one attached hydrogen (secondary N) is 1. The van der Waals surface area contributed by atoms with E-state index in [0.717, 1.165) is 6.54 Å². The Labute approximate surface area is 84.8 Å². The van der Waals surface area contributed by atoms with Crippen LogP contribution >= 0.6 is 12.6 Å². The number of likely N-dealkylation sites (tertiary alicyclic amines) is 1. The van der Waals surface area contributed by atoms with Crippen LogP contribution in [0.3, 0.4) is 0 Å². The molecule has 1 rings (SSSR count). The van der Waals surface area contributed by atoms with Gasteiger partial charge in [-0.3, -0.25) is 4.79 Å². The lowest BCUT2D eigenvalue weighted by Crippen LogP contribution is -3.13. The summed E-state index contributed by atoms with van der Waals surface area (Å²) in [6.07, 6.45) is 3.99. The van der Waals surface area contributed by atoms with E-state index < -0.39 is 0 Å². The first-order valence-corrected chi connectivity index (χ1v) is 5.56. The molecule has 0 saturated carbocycles. The molecular weight excluding hydrogens is 186 g/mol. The topological polar surface area (TPSA) is 30.7 Å². The van der Waals surface area contributed by atoms with Gasteiger partial charge in [-0.2, -0.15) is 12.6 Å². The molecule has 0 aromatic carbocycles. The van der Waals surface area contributed by atoms with Crippen LogP contribution in [0.2, 0.25) is 0 Å². The summed E-state index contributed by atoms with van der Waals surface area (Å²) in [5.74, 6) is -0.0188. The summed E-state index contributed by atoms with van der Waals surface area (Å²) < 4.78 is 4.96. The second-order valence-corrected chi connectivity index (χ2v) is 3.76. The van der Waals surface area contributed by atoms with Crippen molar-refractivity contribution in [2.45, 2.75) is 19.3 Å². The molecule has 1 N–H and O–H groups in total. The third-order valence-corrected chi connectivity index (χ3v) is 2.67. The lowest BCUT2D eigenvalue weighted by Gasteiger charge is -2.23. The van der Waals surface area contributed by atoms with Crippen LogP contribution in [0.1, 0.15) is 19.3 Å². The Morgan fingerprint density at radius 1 is 1.31 bits per heavy atom. The lowest BCUT2D eigenvalue weighted by molar-refractivity contribution is -0.905. The summed E-state index contributed by atoms with van der Waals surface area (Å²) in [5.41, 5.74) is 0. The summed E-state index contributed by atoms with van der Waals surface area (Å²) in [6, 6.07) is 0. The fourth-order valence-electron chi connectivity index (χ4n) is 1.66. The van der Waals surface area contributed by atoms with E-state index in [4.69, 9.17) is 4.74 Å². The molecule has 0 spiro atoms. The molecule has 1 saturated heterocycles. The number of ether oxygens (including phenoxy) is 1. The molecule has 1 heterocycles. The zero-order chi connectivity index (χ0) is 9.52. The van der Waals surface area contributed by atoms with Gasteiger partial charge in [-0.1, -0.05) is 0 Å². The number of carbonyl (C=O) groups is 1. The van der Waals surface area contributed by atoms with Crippen molar-refractivity contribution in [3.63, 3.8) is 0 Å². The first kappa shape index (κ1) is 10.9. The molecule has 0 aromatic rings. The van der Waals surface area contributed by atoms with Gasteiger partial charge in [0, 0.05) is 0 Å². The van der Waals surface area contributed by atoms with Crippen LogP contribution in [0, 0.1) is 0 Å². The number of hydrogen-bond acceptors (Lipinski definition) is 3. The quantitative estimate of drug-likeness (QED) is 0.479. The molecule has 0 radical (unpaired) electrons. The minimum Gasteiger partial charge on any atom is -0.459 e. The van der Waals surface area contributed by atoms with Crippen molar-refractivity contribution >= 4 is 18.6 Å². The summed E-state index contributed by atoms with van der Waals surface area (Å²) in [6.45, 7) is 3.98. The second kappa shape index (κ2) is 6.27. The maximum absolute atomic E-state index is 10.7. The molecule has 0 aliphatic carbocycles. The van der Waals surface area contributed by atoms with Crippen LogP contribution in [0.5, 0.6) is 0 Å². The predicted octanol–water partition coefficient (Wildman–Crippen LogP) is -0.472. The van der Waals surface area contributed by atoms with Gasteiger partial charge in [0.05, 0.1) is 18.8 Å². The number of quaternary nitrogens is 1. The number of carbonyl (C=O) groups excluding carboxylic acids is 1. The molecule has 13 heavy (non-hydrogen) atoms. The Morgan fingerprint density at radius 3 is 2.62 bits per heavy atom. The first-order chi connectivity index (χ1) is 6.33. The fourth-order valence-corrected chi connectivity index (χ4v) is 1.75. The van der Waals surface area contributed by atoms with Crippen LogP contribution in [0.15, 0.2) is 0 Å². The number of hydrogen-bond donors (Lipinski definition) is 2. The van der Waals surface area contributed by atoms with Gasteiger partial charge in [-0.15, -0.1) is 0 Å². The average Bonchev–Trinajstić information content (AvgIpc) is 2.19. The maximum Gasteiger partial charge on any atom is 0.315 e. The van der Waals surface area contributed by atoms with Crippen LogP contribution in [-0.2, 0) is 9.53 Å². The minimum atomic E-state index is -0.209. The molecule has 0 unspecified atom stereocenters. The van der Waals surface area contributed by atoms with E-state index in [1.807, 2.05) is 0 Å². The normalized spacial score (nSPS) is 18.5. The fraction of sp³-hybridized carbons (Fsp3) is 0.889. The maximum atomic E-state index is 10.7. The molecule has 76 valence electrons. The van der Waals surface area contributed by atoms with Gasteiger partial charge in [-0.05, 0) is 19.3 Å². The molecule has 0 atom stereocenters. The minimum absolute atomic E-state index is 0.190. The van der Waals surface area contributed by atoms with Crippen LogP contribution in [0.4, 0.5) is 0 Å². The molecule has 1 aliphatic rings. The van der Waals surface area contributed by atoms with Gasteiger partial charge in [0.25, 0.3) is 0 Å². The van der Waals surface area contributed by atoms with Gasteiger partial charge in [0.15, 0.2) is 0 Å². The van der Waals surface area contributed by atoms with Crippen molar-refractivity contribution in [2.75, 3.05) is 32.0 Å². The number of piperidine rings is 1. The SMILES string of the molecule is O=C(CS)OCC[NH+]1CCCCC1. The molecule has 0 aromatic heterocycles. The Balaban J connectivity index is 2.01. The van der Waals surface area contributed by atoms with E-state index in [9.17, 15) is 4.79 Å². The van der Waals surface area contributed by atoms with E-state index in [0.29, 0.717) is 6.61 Å². The van der Waals surface area contributed by atoms with Crippen LogP contribution < -0.4 is 4.90 Å². The van der Waals surface area contributed by atoms with Crippen molar-refractivity contribution in [1.29, 1.82) is 0 Å². The smallest absolute Gasteiger partial charge is 0.315 e. The van der Waals surface area contributed by atoms with Crippen molar-refractivity contribution < 1.29 is 14.4 Å². The van der Waals surface area contributed by atoms with Crippen molar-refractivity contribution in [3.8, 4) is 0 Å². The highest BCUT2D eigenvalue weighted by molar-refractivity contribution is 7.81. The third-order valence-electron chi connectivity index (χ3n) is 2.41. The molecular formula is C9H18NO2S+. The van der Waals surface area contributed by atoms with Crippen LogP contribution in [0.25, 0.3) is 0 Å². The molecule has 4 heteroatoms. The second-order valence-electron chi connectivity index (χ2n) is 3.44. The third kappa shape index (κ3) is 4.52. The summed E-state index contributed by atoms with van der Waals surface area (Å²) in [5, 5.41) is 0. The van der Waals surface area contributed by atoms with Crippen molar-refractivity contribution in [1.82, 2.24) is 0 Å². The van der Waals surface area contributed by atoms with Gasteiger partial charge >= 0.3 is 5.97 Å². The van der Waals surface area contributed by atoms with Gasteiger partial charge in [-0.25, -0.2) is 0 Å². The first-order valence-electron chi connectivity index (χ1n) is 4.93. The van der Waals surface area contributed by atoms with Gasteiger partial charge in [0.1, 0.15) is 13.2 Å². The van der Waals surface area contributed by atoms with Crippen LogP contribution in [-0.4, -0.2) is 38.0 Å². The lowest BCUT2D eigenvalue weighted by atomic mass is 10.1. The zero-order valence-corrected chi connectivity index (χ0v) is 8.81. The molecule has 0 amide bonds. The van der Waals surface area contributed by atoms with E-state index in [-0.39, 0.29) is 11.7 Å². The number of esters is 1. The Kier molecular flexibility index (Phi) is 5.23. The standard InChI is InChI=1S/C9H17NO2S/c11-9(8-13)12-7-6-10-4-2-1-3-5-10/h13H,1-8H2/p+1. The highest BCUT2D eigenvalue weighted by Gasteiger charge is 2.13. The number of rotatable bonds is 4. The average molecular weight is 204 g/mol. The summed E-state index contributed by atoms with van der Waals surface area (Å²) >= 11 is 3.83. The van der Waals surface area contributed by atoms with Crippen molar-refractivity contribution in [3.05, 3.63) is 0 Å². The monoisotopic (exact) mass is 204 g/mol. The van der Waals surface area contributed by atoms with E-state index in [1.165, 1.54) is 32.4 Å². The van der Waals surface area contributed by atoms with E-state index >= 15 is 0 Å². The Morgan fingerprint density at radius 2 is 2.00 bits per heavy atom. The molecule has 1 fully saturated rings. The zero-order valence-electron chi connectivity index (χ0n) is 7.92. The largest absolute Gasteiger partial charge is 0.459 e. The molecule has 1 aliphatic heterocycles. The highest BCUT2D eigenvalue weighted by Crippen LogP contribution is 1.94. The van der Waals surface area contributed by atoms with E-state index in [1.54, 1.807) is 4.90 Å². The highest BCUT2D eigenvalue weighted by atomic mass is 32.1. The van der Waals surface area contributed by atoms with Gasteiger partial charge in [0.2, 0.25) is 0 Å². The Hall–Kier alpha value is -0.220. The predicted molar refractivity (Wildman–Crippen MR) is 54.2 cm³/mol. The summed E-state index contributed by atoms with van der Waals surface area (Å²) in [4.78, 5) is 12.3. The number of thiol groups is 1. The van der Waals surface area contributed by atoms with Gasteiger partial charge < -0.3 is 9.64 Å². The van der Waals surface area contributed by atoms with E-state index in [2.05, 4.69) is 12.6 Å².